The maximum absolute atomic E-state index is 15.6. The summed E-state index contributed by atoms with van der Waals surface area (Å²) in [5.74, 6) is -2.60. The largest absolute Gasteiger partial charge is 0.497 e. The molecule has 0 bridgehead atoms. The van der Waals surface area contributed by atoms with E-state index in [0.717, 1.165) is 27.7 Å². The van der Waals surface area contributed by atoms with Crippen molar-refractivity contribution in [3.8, 4) is 17.2 Å². The molecule has 1 aliphatic rings. The van der Waals surface area contributed by atoms with E-state index in [1.807, 2.05) is 12.1 Å². The zero-order chi connectivity index (χ0) is 33.7. The van der Waals surface area contributed by atoms with Crippen LogP contribution in [0.15, 0.2) is 65.8 Å². The molecule has 0 N–H and O–H groups in total. The average molecular weight is 715 g/mol. The van der Waals surface area contributed by atoms with Gasteiger partial charge >= 0.3 is 0 Å². The molecule has 0 spiro atoms. The Bertz CT molecular complexity index is 1770. The number of piperidine rings is 1. The first-order valence-corrected chi connectivity index (χ1v) is 17.0. The van der Waals surface area contributed by atoms with E-state index in [9.17, 15) is 17.2 Å². The Morgan fingerprint density at radius 3 is 2.47 bits per heavy atom. The van der Waals surface area contributed by atoms with E-state index in [-0.39, 0.29) is 36.7 Å². The first-order valence-electron chi connectivity index (χ1n) is 14.4. The lowest BCUT2D eigenvalue weighted by atomic mass is 9.81. The maximum atomic E-state index is 15.6. The fourth-order valence-electron chi connectivity index (χ4n) is 5.59. The number of ether oxygens (including phenoxy) is 3. The van der Waals surface area contributed by atoms with Gasteiger partial charge in [0.05, 0.1) is 33.9 Å². The van der Waals surface area contributed by atoms with Crippen LogP contribution in [0.1, 0.15) is 23.5 Å². The number of aromatic nitrogens is 2. The minimum atomic E-state index is -4.74. The number of benzene rings is 3. The third-order valence-electron chi connectivity index (χ3n) is 7.89. The molecule has 0 radical (unpaired) electrons. The van der Waals surface area contributed by atoms with Crippen molar-refractivity contribution in [1.29, 1.82) is 0 Å². The number of sulfonamides is 1. The molecule has 1 aromatic heterocycles. The molecule has 0 saturated carbocycles. The van der Waals surface area contributed by atoms with E-state index in [1.54, 1.807) is 35.2 Å². The molecule has 4 aromatic rings. The molecule has 5 rings (SSSR count). The minimum absolute atomic E-state index is 0.0816. The second-order valence-corrected chi connectivity index (χ2v) is 13.8. The lowest BCUT2D eigenvalue weighted by molar-refractivity contribution is 0.0466. The summed E-state index contributed by atoms with van der Waals surface area (Å²) < 4.78 is 106. The Hall–Kier alpha value is -3.66. The summed E-state index contributed by atoms with van der Waals surface area (Å²) in [6, 6.07) is 13.1. The Kier molecular flexibility index (Phi) is 11.1. The number of likely N-dealkylation sites (tertiary alicyclic amines) is 1. The molecule has 2 atom stereocenters. The average Bonchev–Trinajstić information content (AvgIpc) is 3.58. The van der Waals surface area contributed by atoms with Gasteiger partial charge < -0.3 is 14.2 Å². The first-order chi connectivity index (χ1) is 22.5. The summed E-state index contributed by atoms with van der Waals surface area (Å²) in [5.41, 5.74) is 1.31. The number of hydrogen-bond acceptors (Lipinski definition) is 9. The molecule has 3 aromatic carbocycles. The van der Waals surface area contributed by atoms with Gasteiger partial charge in [0.2, 0.25) is 5.13 Å². The number of alkyl halides is 2. The fourth-order valence-corrected chi connectivity index (χ4v) is 7.91. The number of anilines is 1. The molecule has 2 heterocycles. The SMILES string of the molecule is COc1ccc(CN(c2ncns2)S(=O)(=O)c2cc(F)c(OC[C@@H]3CN(CC(F)F)CC[C@H]3c3ccc(Cl)cc3)cc2F)c(OC)c1. The number of hydrogen-bond donors (Lipinski definition) is 0. The van der Waals surface area contributed by atoms with Gasteiger partial charge in [-0.25, -0.2) is 35.3 Å². The standard InChI is InChI=1S/C31H31ClF4N4O5S2/c1-43-23-8-5-20(27(11-23)44-2)15-40(31-37-18-38-46-31)47(41,42)29-13-25(33)28(12-26(29)34)45-17-21-14-39(16-30(35)36)10-9-24(21)19-3-6-22(32)7-4-19/h3-8,11-13,18,21,24,30H,9-10,14-17H2,1-2H3/t21-,24-/m0/s1. The molecular weight excluding hydrogens is 684 g/mol. The van der Waals surface area contributed by atoms with Crippen LogP contribution in [-0.4, -0.2) is 69.6 Å². The second kappa shape index (κ2) is 15.0. The van der Waals surface area contributed by atoms with Crippen LogP contribution < -0.4 is 18.5 Å². The number of nitrogens with zero attached hydrogens (tertiary/aromatic N) is 4. The molecule has 1 fully saturated rings. The quantitative estimate of drug-likeness (QED) is 0.143. The van der Waals surface area contributed by atoms with E-state index >= 15 is 8.78 Å². The minimum Gasteiger partial charge on any atom is -0.497 e. The van der Waals surface area contributed by atoms with Gasteiger partial charge in [-0.1, -0.05) is 23.7 Å². The smallest absolute Gasteiger partial charge is 0.269 e. The molecule has 0 amide bonds. The van der Waals surface area contributed by atoms with Gasteiger partial charge in [0.25, 0.3) is 16.4 Å². The van der Waals surface area contributed by atoms with E-state index in [1.165, 1.54) is 14.2 Å². The van der Waals surface area contributed by atoms with Crippen LogP contribution in [0.2, 0.25) is 5.02 Å². The van der Waals surface area contributed by atoms with Crippen LogP contribution in [0.25, 0.3) is 0 Å². The van der Waals surface area contributed by atoms with Crippen LogP contribution in [-0.2, 0) is 16.6 Å². The molecule has 47 heavy (non-hydrogen) atoms. The van der Waals surface area contributed by atoms with Crippen LogP contribution in [0.5, 0.6) is 17.2 Å². The highest BCUT2D eigenvalue weighted by Gasteiger charge is 2.34. The van der Waals surface area contributed by atoms with Crippen molar-refractivity contribution >= 4 is 38.3 Å². The van der Waals surface area contributed by atoms with Gasteiger partial charge in [-0.15, -0.1) is 0 Å². The van der Waals surface area contributed by atoms with E-state index < -0.39 is 45.3 Å². The van der Waals surface area contributed by atoms with Crippen LogP contribution >= 0.6 is 23.1 Å². The van der Waals surface area contributed by atoms with Gasteiger partial charge in [-0.3, -0.25) is 4.90 Å². The number of rotatable bonds is 13. The Morgan fingerprint density at radius 2 is 1.81 bits per heavy atom. The topological polar surface area (TPSA) is 94.1 Å². The number of methoxy groups -OCH3 is 2. The van der Waals surface area contributed by atoms with Crippen molar-refractivity contribution in [2.24, 2.45) is 5.92 Å². The Balaban J connectivity index is 1.41. The molecule has 0 unspecified atom stereocenters. The summed E-state index contributed by atoms with van der Waals surface area (Å²) >= 11 is 6.80. The predicted molar refractivity (Wildman–Crippen MR) is 169 cm³/mol. The summed E-state index contributed by atoms with van der Waals surface area (Å²) in [5, 5.41) is 0.457. The van der Waals surface area contributed by atoms with Crippen molar-refractivity contribution in [3.63, 3.8) is 0 Å². The van der Waals surface area contributed by atoms with Gasteiger partial charge in [-0.05, 0) is 48.7 Å². The van der Waals surface area contributed by atoms with Crippen LogP contribution in [0.3, 0.4) is 0 Å². The van der Waals surface area contributed by atoms with Crippen molar-refractivity contribution < 1.29 is 40.2 Å². The molecule has 252 valence electrons. The zero-order valence-electron chi connectivity index (χ0n) is 25.3. The Morgan fingerprint density at radius 1 is 1.04 bits per heavy atom. The summed E-state index contributed by atoms with van der Waals surface area (Å²) in [4.78, 5) is 4.66. The first kappa shape index (κ1) is 34.7. The van der Waals surface area contributed by atoms with E-state index in [0.29, 0.717) is 47.2 Å². The Labute approximate surface area is 278 Å². The fraction of sp³-hybridized carbons (Fsp3) is 0.355. The van der Waals surface area contributed by atoms with Crippen molar-refractivity contribution in [1.82, 2.24) is 14.3 Å². The van der Waals surface area contributed by atoms with Crippen molar-refractivity contribution in [2.75, 3.05) is 44.8 Å². The van der Waals surface area contributed by atoms with E-state index in [4.69, 9.17) is 25.8 Å². The summed E-state index contributed by atoms with van der Waals surface area (Å²) in [7, 11) is -1.88. The third-order valence-corrected chi connectivity index (χ3v) is 10.7. The van der Waals surface area contributed by atoms with Gasteiger partial charge in [-0.2, -0.15) is 4.37 Å². The molecule has 0 aliphatic carbocycles. The predicted octanol–water partition coefficient (Wildman–Crippen LogP) is 6.63. The third kappa shape index (κ3) is 8.08. The second-order valence-electron chi connectivity index (χ2n) is 10.8. The van der Waals surface area contributed by atoms with Crippen molar-refractivity contribution in [2.45, 2.75) is 30.2 Å². The van der Waals surface area contributed by atoms with Gasteiger partial charge in [0, 0.05) is 52.8 Å². The zero-order valence-corrected chi connectivity index (χ0v) is 27.7. The highest BCUT2D eigenvalue weighted by molar-refractivity contribution is 7.93. The van der Waals surface area contributed by atoms with Crippen LogP contribution in [0.4, 0.5) is 22.7 Å². The van der Waals surface area contributed by atoms with Gasteiger partial charge in [0.1, 0.15) is 28.5 Å². The molecular formula is C31H31ClF4N4O5S2. The number of halogens is 5. The summed E-state index contributed by atoms with van der Waals surface area (Å²) in [6.45, 7) is -0.236. The van der Waals surface area contributed by atoms with Crippen LogP contribution in [0, 0.1) is 17.6 Å². The lowest BCUT2D eigenvalue weighted by Crippen LogP contribution is -2.43. The molecule has 16 heteroatoms. The highest BCUT2D eigenvalue weighted by Crippen LogP contribution is 2.37. The molecule has 9 nitrogen and oxygen atoms in total. The maximum Gasteiger partial charge on any atom is 0.269 e. The molecule has 1 saturated heterocycles. The van der Waals surface area contributed by atoms with E-state index in [2.05, 4.69) is 9.36 Å². The molecule has 1 aliphatic heterocycles. The summed E-state index contributed by atoms with van der Waals surface area (Å²) in [6.07, 6.45) is -0.848. The normalized spacial score (nSPS) is 17.1. The van der Waals surface area contributed by atoms with Crippen molar-refractivity contribution in [3.05, 3.63) is 88.7 Å². The lowest BCUT2D eigenvalue weighted by Gasteiger charge is -2.38. The van der Waals surface area contributed by atoms with Gasteiger partial charge in [0.15, 0.2) is 11.6 Å². The monoisotopic (exact) mass is 714 g/mol. The highest BCUT2D eigenvalue weighted by atomic mass is 35.5.